The number of aromatic carboxylic acids is 1. The third-order valence-electron chi connectivity index (χ3n) is 3.31. The van der Waals surface area contributed by atoms with Gasteiger partial charge in [-0.25, -0.2) is 9.78 Å². The number of aromatic nitrogens is 1. The highest BCUT2D eigenvalue weighted by atomic mass is 32.1. The van der Waals surface area contributed by atoms with Crippen molar-refractivity contribution in [3.63, 3.8) is 0 Å². The van der Waals surface area contributed by atoms with Gasteiger partial charge in [0.15, 0.2) is 5.69 Å². The zero-order valence-electron chi connectivity index (χ0n) is 10.7. The lowest BCUT2D eigenvalue weighted by Crippen LogP contribution is -2.41. The third kappa shape index (κ3) is 3.30. The van der Waals surface area contributed by atoms with Gasteiger partial charge < -0.3 is 15.7 Å². The molecule has 2 heterocycles. The average molecular weight is 283 g/mol. The molecular weight excluding hydrogens is 266 g/mol. The molecule has 6 nitrogen and oxygen atoms in total. The van der Waals surface area contributed by atoms with Crippen molar-refractivity contribution in [2.24, 2.45) is 5.41 Å². The summed E-state index contributed by atoms with van der Waals surface area (Å²) in [7, 11) is 0. The third-order valence-corrected chi connectivity index (χ3v) is 4.22. The van der Waals surface area contributed by atoms with Crippen molar-refractivity contribution in [2.45, 2.75) is 19.8 Å². The molecule has 0 spiro atoms. The molecule has 104 valence electrons. The highest BCUT2D eigenvalue weighted by Crippen LogP contribution is 2.24. The maximum absolute atomic E-state index is 12.0. The van der Waals surface area contributed by atoms with E-state index in [9.17, 15) is 9.59 Å². The summed E-state index contributed by atoms with van der Waals surface area (Å²) < 4.78 is 0. The summed E-state index contributed by atoms with van der Waals surface area (Å²) in [6.07, 6.45) is 1.41. The predicted molar refractivity (Wildman–Crippen MR) is 71.4 cm³/mol. The van der Waals surface area contributed by atoms with Crippen LogP contribution in [0.3, 0.4) is 0 Å². The van der Waals surface area contributed by atoms with Gasteiger partial charge >= 0.3 is 5.97 Å². The molecule has 0 saturated carbocycles. The fourth-order valence-corrected chi connectivity index (χ4v) is 2.80. The van der Waals surface area contributed by atoms with E-state index in [0.717, 1.165) is 18.0 Å². The Morgan fingerprint density at radius 3 is 3.00 bits per heavy atom. The summed E-state index contributed by atoms with van der Waals surface area (Å²) in [6.45, 7) is 4.02. The van der Waals surface area contributed by atoms with Crippen LogP contribution in [0.1, 0.15) is 28.8 Å². The molecule has 1 amide bonds. The minimum absolute atomic E-state index is 0.0486. The smallest absolute Gasteiger partial charge is 0.355 e. The Balaban J connectivity index is 1.79. The molecule has 1 saturated heterocycles. The number of thiazole rings is 1. The van der Waals surface area contributed by atoms with Gasteiger partial charge in [-0.1, -0.05) is 0 Å². The SMILES string of the molecule is CC1(C(=O)NCCc2nc(C(=O)O)cs2)CCNC1. The average Bonchev–Trinajstić information content (AvgIpc) is 2.99. The zero-order valence-corrected chi connectivity index (χ0v) is 11.5. The minimum atomic E-state index is -1.02. The molecular formula is C12H17N3O3S. The van der Waals surface area contributed by atoms with Gasteiger partial charge in [0.1, 0.15) is 0 Å². The number of carbonyl (C=O) groups is 2. The van der Waals surface area contributed by atoms with Gasteiger partial charge in [0.25, 0.3) is 0 Å². The largest absolute Gasteiger partial charge is 0.476 e. The van der Waals surface area contributed by atoms with Crippen molar-refractivity contribution in [1.29, 1.82) is 0 Å². The highest BCUT2D eigenvalue weighted by molar-refractivity contribution is 7.09. The molecule has 0 bridgehead atoms. The number of hydrogen-bond donors (Lipinski definition) is 3. The van der Waals surface area contributed by atoms with E-state index >= 15 is 0 Å². The van der Waals surface area contributed by atoms with E-state index in [1.807, 2.05) is 6.92 Å². The van der Waals surface area contributed by atoms with Crippen LogP contribution in [0.5, 0.6) is 0 Å². The summed E-state index contributed by atoms with van der Waals surface area (Å²) in [5.74, 6) is -0.969. The molecule has 0 aromatic carbocycles. The van der Waals surface area contributed by atoms with Crippen LogP contribution in [-0.2, 0) is 11.2 Å². The van der Waals surface area contributed by atoms with E-state index in [1.165, 1.54) is 16.7 Å². The van der Waals surface area contributed by atoms with Gasteiger partial charge in [-0.05, 0) is 19.9 Å². The Morgan fingerprint density at radius 2 is 2.42 bits per heavy atom. The summed E-state index contributed by atoms with van der Waals surface area (Å²) in [5, 5.41) is 17.1. The van der Waals surface area contributed by atoms with Crippen molar-refractivity contribution in [1.82, 2.24) is 15.6 Å². The van der Waals surface area contributed by atoms with Crippen molar-refractivity contribution >= 4 is 23.2 Å². The lowest BCUT2D eigenvalue weighted by molar-refractivity contribution is -0.129. The van der Waals surface area contributed by atoms with Crippen LogP contribution in [0.4, 0.5) is 0 Å². The monoisotopic (exact) mass is 283 g/mol. The Labute approximate surface area is 115 Å². The number of amides is 1. The number of carboxylic acids is 1. The lowest BCUT2D eigenvalue weighted by Gasteiger charge is -2.21. The van der Waals surface area contributed by atoms with Gasteiger partial charge in [0, 0.05) is 24.9 Å². The zero-order chi connectivity index (χ0) is 13.9. The number of rotatable bonds is 5. The first kappa shape index (κ1) is 14.0. The van der Waals surface area contributed by atoms with E-state index in [4.69, 9.17) is 5.11 Å². The normalized spacial score (nSPS) is 22.4. The van der Waals surface area contributed by atoms with Crippen molar-refractivity contribution in [2.75, 3.05) is 19.6 Å². The van der Waals surface area contributed by atoms with Crippen LogP contribution in [0.2, 0.25) is 0 Å². The molecule has 1 atom stereocenters. The summed E-state index contributed by atoms with van der Waals surface area (Å²) in [4.78, 5) is 26.7. The van der Waals surface area contributed by atoms with Gasteiger partial charge in [-0.15, -0.1) is 11.3 Å². The van der Waals surface area contributed by atoms with Crippen molar-refractivity contribution < 1.29 is 14.7 Å². The predicted octanol–water partition coefficient (Wildman–Crippen LogP) is 0.500. The fourth-order valence-electron chi connectivity index (χ4n) is 2.03. The Bertz CT molecular complexity index is 480. The van der Waals surface area contributed by atoms with E-state index in [1.54, 1.807) is 0 Å². The van der Waals surface area contributed by atoms with Crippen LogP contribution in [0.15, 0.2) is 5.38 Å². The summed E-state index contributed by atoms with van der Waals surface area (Å²) >= 11 is 1.31. The first-order valence-corrected chi connectivity index (χ1v) is 7.06. The van der Waals surface area contributed by atoms with E-state index < -0.39 is 5.97 Å². The summed E-state index contributed by atoms with van der Waals surface area (Å²) in [5.41, 5.74) is -0.256. The van der Waals surface area contributed by atoms with Crippen LogP contribution in [-0.4, -0.2) is 41.6 Å². The van der Waals surface area contributed by atoms with Crippen LogP contribution >= 0.6 is 11.3 Å². The van der Waals surface area contributed by atoms with Gasteiger partial charge in [0.05, 0.1) is 10.4 Å². The number of nitrogens with zero attached hydrogens (tertiary/aromatic N) is 1. The summed E-state index contributed by atoms with van der Waals surface area (Å²) in [6, 6.07) is 0. The topological polar surface area (TPSA) is 91.3 Å². The number of carbonyl (C=O) groups excluding carboxylic acids is 1. The quantitative estimate of drug-likeness (QED) is 0.732. The van der Waals surface area contributed by atoms with Gasteiger partial charge in [0.2, 0.25) is 5.91 Å². The molecule has 1 unspecified atom stereocenters. The van der Waals surface area contributed by atoms with Crippen LogP contribution in [0, 0.1) is 5.41 Å². The number of hydrogen-bond acceptors (Lipinski definition) is 5. The minimum Gasteiger partial charge on any atom is -0.476 e. The maximum Gasteiger partial charge on any atom is 0.355 e. The molecule has 7 heteroatoms. The Hall–Kier alpha value is -1.47. The van der Waals surface area contributed by atoms with E-state index in [2.05, 4.69) is 15.6 Å². The molecule has 1 fully saturated rings. The Kier molecular flexibility index (Phi) is 4.16. The molecule has 1 aliphatic rings. The van der Waals surface area contributed by atoms with Gasteiger partial charge in [-0.2, -0.15) is 0 Å². The highest BCUT2D eigenvalue weighted by Gasteiger charge is 2.35. The standard InChI is InChI=1S/C12H17N3O3S/c1-12(3-5-13-7-12)11(18)14-4-2-9-15-8(6-19-9)10(16)17/h6,13H,2-5,7H2,1H3,(H,14,18)(H,16,17). The molecule has 1 aromatic heterocycles. The molecule has 0 radical (unpaired) electrons. The van der Waals surface area contributed by atoms with Crippen molar-refractivity contribution in [3.05, 3.63) is 16.1 Å². The van der Waals surface area contributed by atoms with Crippen LogP contribution < -0.4 is 10.6 Å². The molecule has 2 rings (SSSR count). The Morgan fingerprint density at radius 1 is 1.63 bits per heavy atom. The molecule has 1 aromatic rings. The molecule has 1 aliphatic heterocycles. The second kappa shape index (κ2) is 5.66. The maximum atomic E-state index is 12.0. The van der Waals surface area contributed by atoms with Crippen LogP contribution in [0.25, 0.3) is 0 Å². The number of carboxylic acid groups (broad SMARTS) is 1. The van der Waals surface area contributed by atoms with E-state index in [-0.39, 0.29) is 17.0 Å². The first-order valence-electron chi connectivity index (χ1n) is 6.18. The van der Waals surface area contributed by atoms with Crippen molar-refractivity contribution in [3.8, 4) is 0 Å². The number of nitrogens with one attached hydrogen (secondary N) is 2. The molecule has 19 heavy (non-hydrogen) atoms. The second-order valence-electron chi connectivity index (χ2n) is 4.92. The van der Waals surface area contributed by atoms with E-state index in [0.29, 0.717) is 19.5 Å². The van der Waals surface area contributed by atoms with Gasteiger partial charge in [-0.3, -0.25) is 4.79 Å². The lowest BCUT2D eigenvalue weighted by atomic mass is 9.89. The molecule has 3 N–H and O–H groups in total. The fraction of sp³-hybridized carbons (Fsp3) is 0.583. The first-order chi connectivity index (χ1) is 9.01. The molecule has 0 aliphatic carbocycles. The second-order valence-corrected chi connectivity index (χ2v) is 5.87.